The Kier molecular flexibility index (Phi) is 2.57. The molecule has 1 saturated carbocycles. The van der Waals surface area contributed by atoms with E-state index in [0.717, 1.165) is 11.8 Å². The molecule has 4 rings (SSSR count). The number of fused-ring (bicyclic) bond motifs is 5. The second kappa shape index (κ2) is 4.22. The lowest BCUT2D eigenvalue weighted by Gasteiger charge is -2.46. The fraction of sp³-hybridized carbons (Fsp3) is 0.400. The molecule has 0 heterocycles. The van der Waals surface area contributed by atoms with Gasteiger partial charge in [0.05, 0.1) is 0 Å². The third-order valence-electron chi connectivity index (χ3n) is 5.86. The summed E-state index contributed by atoms with van der Waals surface area (Å²) in [5.74, 6) is 1.46. The van der Waals surface area contributed by atoms with Gasteiger partial charge in [-0.2, -0.15) is 0 Å². The minimum absolute atomic E-state index is 0.255. The first-order valence-corrected chi connectivity index (χ1v) is 7.95. The van der Waals surface area contributed by atoms with Crippen molar-refractivity contribution in [2.45, 2.75) is 38.5 Å². The van der Waals surface area contributed by atoms with Crippen molar-refractivity contribution in [3.8, 4) is 11.1 Å². The minimum Gasteiger partial charge on any atom is -0.0619 e. The zero-order valence-corrected chi connectivity index (χ0v) is 12.4. The quantitative estimate of drug-likeness (QED) is 0.595. The third kappa shape index (κ3) is 1.32. The van der Waals surface area contributed by atoms with Gasteiger partial charge in [0.2, 0.25) is 0 Å². The topological polar surface area (TPSA) is 0 Å². The highest BCUT2D eigenvalue weighted by molar-refractivity contribution is 5.81. The molecule has 2 aliphatic carbocycles. The normalized spacial score (nSPS) is 26.3. The van der Waals surface area contributed by atoms with Crippen LogP contribution in [-0.4, -0.2) is 0 Å². The van der Waals surface area contributed by atoms with Crippen molar-refractivity contribution >= 4 is 0 Å². The molecule has 2 aromatic rings. The van der Waals surface area contributed by atoms with Crippen LogP contribution < -0.4 is 0 Å². The van der Waals surface area contributed by atoms with Crippen LogP contribution in [0.15, 0.2) is 48.5 Å². The van der Waals surface area contributed by atoms with Gasteiger partial charge >= 0.3 is 0 Å². The maximum absolute atomic E-state index is 2.47. The maximum Gasteiger partial charge on any atom is 0.0266 e. The molecule has 2 aromatic carbocycles. The molecule has 2 atom stereocenters. The van der Waals surface area contributed by atoms with E-state index in [1.54, 1.807) is 11.1 Å². The molecular weight excluding hydrogens is 240 g/mol. The average molecular weight is 262 g/mol. The Hall–Kier alpha value is -1.56. The highest BCUT2D eigenvalue weighted by atomic mass is 14.5. The van der Waals surface area contributed by atoms with Crippen molar-refractivity contribution in [2.24, 2.45) is 11.8 Å². The van der Waals surface area contributed by atoms with Crippen LogP contribution in [0.3, 0.4) is 0 Å². The van der Waals surface area contributed by atoms with E-state index in [4.69, 9.17) is 0 Å². The SMILES string of the molecule is CC1CCCC(C)C12c1ccccc1-c1ccccc12. The lowest BCUT2D eigenvalue weighted by atomic mass is 9.57. The van der Waals surface area contributed by atoms with E-state index in [9.17, 15) is 0 Å². The van der Waals surface area contributed by atoms with E-state index >= 15 is 0 Å². The average Bonchev–Trinajstić information content (AvgIpc) is 2.77. The van der Waals surface area contributed by atoms with E-state index in [0.29, 0.717) is 0 Å². The monoisotopic (exact) mass is 262 g/mol. The second-order valence-electron chi connectivity index (χ2n) is 6.69. The molecule has 0 nitrogen and oxygen atoms in total. The Balaban J connectivity index is 2.09. The zero-order chi connectivity index (χ0) is 13.7. The summed E-state index contributed by atoms with van der Waals surface area (Å²) < 4.78 is 0. The van der Waals surface area contributed by atoms with E-state index in [-0.39, 0.29) is 5.41 Å². The van der Waals surface area contributed by atoms with E-state index in [1.165, 1.54) is 30.4 Å². The van der Waals surface area contributed by atoms with Crippen LogP contribution in [-0.2, 0) is 5.41 Å². The number of hydrogen-bond donors (Lipinski definition) is 0. The van der Waals surface area contributed by atoms with Crippen molar-refractivity contribution in [3.05, 3.63) is 59.7 Å². The molecule has 1 fully saturated rings. The summed E-state index contributed by atoms with van der Waals surface area (Å²) in [7, 11) is 0. The van der Waals surface area contributed by atoms with Crippen LogP contribution in [0.2, 0.25) is 0 Å². The summed E-state index contributed by atoms with van der Waals surface area (Å²) >= 11 is 0. The zero-order valence-electron chi connectivity index (χ0n) is 12.4. The highest BCUT2D eigenvalue weighted by Gasteiger charge is 2.51. The summed E-state index contributed by atoms with van der Waals surface area (Å²) in [5.41, 5.74) is 6.38. The first-order valence-electron chi connectivity index (χ1n) is 7.95. The van der Waals surface area contributed by atoms with Crippen molar-refractivity contribution < 1.29 is 0 Å². The summed E-state index contributed by atoms with van der Waals surface area (Å²) in [6.07, 6.45) is 4.09. The molecule has 0 N–H and O–H groups in total. The summed E-state index contributed by atoms with van der Waals surface area (Å²) in [5, 5.41) is 0. The Morgan fingerprint density at radius 3 is 1.70 bits per heavy atom. The fourth-order valence-electron chi connectivity index (χ4n) is 5.04. The molecule has 0 heteroatoms. The Morgan fingerprint density at radius 1 is 0.750 bits per heavy atom. The molecule has 20 heavy (non-hydrogen) atoms. The largest absolute Gasteiger partial charge is 0.0619 e. The maximum atomic E-state index is 2.47. The van der Waals surface area contributed by atoms with E-state index in [1.807, 2.05) is 0 Å². The first-order chi connectivity index (χ1) is 9.76. The van der Waals surface area contributed by atoms with Gasteiger partial charge in [0.1, 0.15) is 0 Å². The van der Waals surface area contributed by atoms with Gasteiger partial charge in [0.25, 0.3) is 0 Å². The summed E-state index contributed by atoms with van der Waals surface area (Å²) in [6.45, 7) is 4.93. The lowest BCUT2D eigenvalue weighted by Crippen LogP contribution is -2.42. The van der Waals surface area contributed by atoms with Crippen LogP contribution in [0, 0.1) is 11.8 Å². The fourth-order valence-corrected chi connectivity index (χ4v) is 5.04. The standard InChI is InChI=1S/C20H22/c1-14-8-7-9-15(2)20(14)18-12-5-3-10-16(18)17-11-4-6-13-19(17)20/h3-6,10-15H,7-9H2,1-2H3. The van der Waals surface area contributed by atoms with Gasteiger partial charge in [-0.3, -0.25) is 0 Å². The van der Waals surface area contributed by atoms with Gasteiger partial charge in [-0.05, 0) is 46.9 Å². The predicted octanol–water partition coefficient (Wildman–Crippen LogP) is 5.41. The predicted molar refractivity (Wildman–Crippen MR) is 84.8 cm³/mol. The second-order valence-corrected chi connectivity index (χ2v) is 6.69. The van der Waals surface area contributed by atoms with Crippen LogP contribution in [0.25, 0.3) is 11.1 Å². The van der Waals surface area contributed by atoms with Gasteiger partial charge in [0.15, 0.2) is 0 Å². The van der Waals surface area contributed by atoms with Gasteiger partial charge in [-0.1, -0.05) is 68.8 Å². The van der Waals surface area contributed by atoms with Crippen molar-refractivity contribution in [1.82, 2.24) is 0 Å². The van der Waals surface area contributed by atoms with Gasteiger partial charge in [-0.15, -0.1) is 0 Å². The Labute approximate surface area is 121 Å². The molecule has 0 amide bonds. The van der Waals surface area contributed by atoms with Gasteiger partial charge in [-0.25, -0.2) is 0 Å². The summed E-state index contributed by atoms with van der Waals surface area (Å²) in [4.78, 5) is 0. The van der Waals surface area contributed by atoms with Crippen LogP contribution in [0.4, 0.5) is 0 Å². The molecular formula is C20H22. The van der Waals surface area contributed by atoms with E-state index in [2.05, 4.69) is 62.4 Å². The molecule has 2 aliphatic rings. The van der Waals surface area contributed by atoms with Gasteiger partial charge < -0.3 is 0 Å². The highest BCUT2D eigenvalue weighted by Crippen LogP contribution is 2.59. The van der Waals surface area contributed by atoms with Crippen molar-refractivity contribution in [3.63, 3.8) is 0 Å². The molecule has 0 aliphatic heterocycles. The molecule has 2 unspecified atom stereocenters. The van der Waals surface area contributed by atoms with Crippen LogP contribution in [0.5, 0.6) is 0 Å². The molecule has 102 valence electrons. The Bertz CT molecular complexity index is 595. The summed E-state index contributed by atoms with van der Waals surface area (Å²) in [6, 6.07) is 18.2. The van der Waals surface area contributed by atoms with Crippen molar-refractivity contribution in [2.75, 3.05) is 0 Å². The van der Waals surface area contributed by atoms with Crippen LogP contribution >= 0.6 is 0 Å². The third-order valence-corrected chi connectivity index (χ3v) is 5.86. The molecule has 0 aromatic heterocycles. The number of benzene rings is 2. The Morgan fingerprint density at radius 2 is 1.20 bits per heavy atom. The van der Waals surface area contributed by atoms with E-state index < -0.39 is 0 Å². The lowest BCUT2D eigenvalue weighted by molar-refractivity contribution is 0.172. The number of hydrogen-bond acceptors (Lipinski definition) is 0. The molecule has 0 saturated heterocycles. The molecule has 0 bridgehead atoms. The number of rotatable bonds is 0. The molecule has 0 radical (unpaired) electrons. The van der Waals surface area contributed by atoms with Crippen molar-refractivity contribution in [1.29, 1.82) is 0 Å². The van der Waals surface area contributed by atoms with Gasteiger partial charge in [0, 0.05) is 5.41 Å². The first kappa shape index (κ1) is 12.2. The smallest absolute Gasteiger partial charge is 0.0266 e. The molecule has 1 spiro atoms. The minimum atomic E-state index is 0.255. The van der Waals surface area contributed by atoms with Crippen LogP contribution in [0.1, 0.15) is 44.2 Å².